The van der Waals surface area contributed by atoms with E-state index in [2.05, 4.69) is 5.32 Å². The van der Waals surface area contributed by atoms with Gasteiger partial charge in [-0.25, -0.2) is 0 Å². The van der Waals surface area contributed by atoms with Crippen molar-refractivity contribution in [2.75, 3.05) is 36.2 Å². The summed E-state index contributed by atoms with van der Waals surface area (Å²) >= 11 is 4.07. The molecule has 2 nitrogen and oxygen atoms in total. The molecule has 0 bridgehead atoms. The van der Waals surface area contributed by atoms with Crippen LogP contribution < -0.4 is 5.32 Å². The lowest BCUT2D eigenvalue weighted by Crippen LogP contribution is -2.49. The first-order valence-electron chi connectivity index (χ1n) is 4.47. The van der Waals surface area contributed by atoms with E-state index in [-0.39, 0.29) is 0 Å². The van der Waals surface area contributed by atoms with Gasteiger partial charge in [0, 0.05) is 35.6 Å². The molecule has 2 fully saturated rings. The molecular formula is C8H15NOS2. The standard InChI is InChI=1S/C8H15NOS2/c1-3-11-5-7(9-1)8-6-12-4-2-10-8/h7-9H,1-6H2. The Hall–Kier alpha value is 0.620. The number of ether oxygens (including phenoxy) is 1. The van der Waals surface area contributed by atoms with E-state index >= 15 is 0 Å². The van der Waals surface area contributed by atoms with Crippen molar-refractivity contribution in [2.24, 2.45) is 0 Å². The van der Waals surface area contributed by atoms with Gasteiger partial charge in [-0.15, -0.1) is 0 Å². The second-order valence-electron chi connectivity index (χ2n) is 3.12. The van der Waals surface area contributed by atoms with Gasteiger partial charge in [0.05, 0.1) is 12.7 Å². The van der Waals surface area contributed by atoms with Gasteiger partial charge in [0.15, 0.2) is 0 Å². The molecule has 0 saturated carbocycles. The van der Waals surface area contributed by atoms with Crippen LogP contribution in [-0.4, -0.2) is 48.3 Å². The van der Waals surface area contributed by atoms with E-state index < -0.39 is 0 Å². The van der Waals surface area contributed by atoms with Gasteiger partial charge < -0.3 is 10.1 Å². The summed E-state index contributed by atoms with van der Waals surface area (Å²) in [5, 5.41) is 3.53. The molecular weight excluding hydrogens is 190 g/mol. The average Bonchev–Trinajstić information content (AvgIpc) is 2.21. The maximum Gasteiger partial charge on any atom is 0.0826 e. The Kier molecular flexibility index (Phi) is 3.63. The van der Waals surface area contributed by atoms with Gasteiger partial charge in [0.1, 0.15) is 0 Å². The van der Waals surface area contributed by atoms with E-state index in [4.69, 9.17) is 4.74 Å². The van der Waals surface area contributed by atoms with Crippen LogP contribution in [0.4, 0.5) is 0 Å². The van der Waals surface area contributed by atoms with Crippen LogP contribution >= 0.6 is 23.5 Å². The number of hydrogen-bond donors (Lipinski definition) is 1. The molecule has 2 saturated heterocycles. The van der Waals surface area contributed by atoms with E-state index in [9.17, 15) is 0 Å². The lowest BCUT2D eigenvalue weighted by Gasteiger charge is -2.33. The van der Waals surface area contributed by atoms with Gasteiger partial charge in [0.2, 0.25) is 0 Å². The molecule has 2 heterocycles. The molecule has 2 unspecified atom stereocenters. The molecule has 0 radical (unpaired) electrons. The van der Waals surface area contributed by atoms with E-state index in [1.54, 1.807) is 0 Å². The molecule has 0 spiro atoms. The zero-order chi connectivity index (χ0) is 8.23. The smallest absolute Gasteiger partial charge is 0.0826 e. The summed E-state index contributed by atoms with van der Waals surface area (Å²) in [7, 11) is 0. The van der Waals surface area contributed by atoms with Crippen LogP contribution in [0.1, 0.15) is 0 Å². The van der Waals surface area contributed by atoms with E-state index in [0.29, 0.717) is 12.1 Å². The minimum absolute atomic E-state index is 0.469. The monoisotopic (exact) mass is 205 g/mol. The first-order valence-corrected chi connectivity index (χ1v) is 6.78. The van der Waals surface area contributed by atoms with Crippen LogP contribution in [0.15, 0.2) is 0 Å². The maximum atomic E-state index is 5.72. The summed E-state index contributed by atoms with van der Waals surface area (Å²) in [5.41, 5.74) is 0. The summed E-state index contributed by atoms with van der Waals surface area (Å²) in [6, 6.07) is 0.608. The van der Waals surface area contributed by atoms with Crippen LogP contribution in [0.25, 0.3) is 0 Å². The predicted molar refractivity (Wildman–Crippen MR) is 56.2 cm³/mol. The summed E-state index contributed by atoms with van der Waals surface area (Å²) in [4.78, 5) is 0. The van der Waals surface area contributed by atoms with Crippen LogP contribution in [0.5, 0.6) is 0 Å². The zero-order valence-electron chi connectivity index (χ0n) is 7.12. The summed E-state index contributed by atoms with van der Waals surface area (Å²) in [6.45, 7) is 2.10. The number of thioether (sulfide) groups is 2. The minimum atomic E-state index is 0.469. The van der Waals surface area contributed by atoms with Gasteiger partial charge in [0.25, 0.3) is 0 Å². The van der Waals surface area contributed by atoms with Crippen LogP contribution in [0, 0.1) is 0 Å². The Balaban J connectivity index is 1.80. The number of hydrogen-bond acceptors (Lipinski definition) is 4. The molecule has 2 rings (SSSR count). The highest BCUT2D eigenvalue weighted by molar-refractivity contribution is 7.99. The molecule has 0 amide bonds. The van der Waals surface area contributed by atoms with Crippen molar-refractivity contribution < 1.29 is 4.74 Å². The van der Waals surface area contributed by atoms with E-state index in [1.807, 2.05) is 23.5 Å². The molecule has 70 valence electrons. The fourth-order valence-electron chi connectivity index (χ4n) is 1.56. The normalized spacial score (nSPS) is 38.0. The Bertz CT molecular complexity index is 117. The number of rotatable bonds is 1. The summed E-state index contributed by atoms with van der Waals surface area (Å²) in [5.74, 6) is 4.84. The largest absolute Gasteiger partial charge is 0.375 e. The van der Waals surface area contributed by atoms with Crippen molar-refractivity contribution in [3.8, 4) is 0 Å². The van der Waals surface area contributed by atoms with Crippen molar-refractivity contribution in [1.29, 1.82) is 0 Å². The highest BCUT2D eigenvalue weighted by Gasteiger charge is 2.25. The van der Waals surface area contributed by atoms with Crippen molar-refractivity contribution >= 4 is 23.5 Å². The zero-order valence-corrected chi connectivity index (χ0v) is 8.76. The molecule has 2 atom stereocenters. The molecule has 0 aliphatic carbocycles. The molecule has 0 aromatic rings. The second kappa shape index (κ2) is 4.74. The third kappa shape index (κ3) is 2.31. The SMILES string of the molecule is C1CSCC(C2CSCCO2)N1. The Labute approximate surface area is 82.2 Å². The Morgan fingerprint density at radius 1 is 1.17 bits per heavy atom. The van der Waals surface area contributed by atoms with Gasteiger partial charge in [-0.3, -0.25) is 0 Å². The predicted octanol–water partition coefficient (Wildman–Crippen LogP) is 0.823. The fourth-order valence-corrected chi connectivity index (χ4v) is 3.52. The molecule has 1 N–H and O–H groups in total. The Morgan fingerprint density at radius 3 is 2.75 bits per heavy atom. The molecule has 2 aliphatic rings. The molecule has 0 aromatic carbocycles. The summed E-state index contributed by atoms with van der Waals surface area (Å²) < 4.78 is 5.72. The van der Waals surface area contributed by atoms with E-state index in [1.165, 1.54) is 23.0 Å². The van der Waals surface area contributed by atoms with Gasteiger partial charge >= 0.3 is 0 Å². The van der Waals surface area contributed by atoms with Gasteiger partial charge in [-0.05, 0) is 0 Å². The van der Waals surface area contributed by atoms with Crippen molar-refractivity contribution in [2.45, 2.75) is 12.1 Å². The first kappa shape index (κ1) is 9.19. The molecule has 2 aliphatic heterocycles. The lowest BCUT2D eigenvalue weighted by atomic mass is 10.2. The van der Waals surface area contributed by atoms with Gasteiger partial charge in [-0.2, -0.15) is 23.5 Å². The lowest BCUT2D eigenvalue weighted by molar-refractivity contribution is 0.0529. The molecule has 4 heteroatoms. The highest BCUT2D eigenvalue weighted by Crippen LogP contribution is 2.19. The third-order valence-corrected chi connectivity index (χ3v) is 4.35. The number of nitrogens with one attached hydrogen (secondary N) is 1. The molecule has 0 aromatic heterocycles. The highest BCUT2D eigenvalue weighted by atomic mass is 32.2. The van der Waals surface area contributed by atoms with E-state index in [0.717, 1.165) is 13.2 Å². The van der Waals surface area contributed by atoms with Crippen LogP contribution in [0.3, 0.4) is 0 Å². The Morgan fingerprint density at radius 2 is 2.08 bits per heavy atom. The summed E-state index contributed by atoms with van der Waals surface area (Å²) in [6.07, 6.45) is 0.469. The van der Waals surface area contributed by atoms with Crippen LogP contribution in [0.2, 0.25) is 0 Å². The van der Waals surface area contributed by atoms with Crippen molar-refractivity contribution in [3.63, 3.8) is 0 Å². The average molecular weight is 205 g/mol. The fraction of sp³-hybridized carbons (Fsp3) is 1.00. The topological polar surface area (TPSA) is 21.3 Å². The first-order chi connectivity index (χ1) is 5.97. The third-order valence-electron chi connectivity index (χ3n) is 2.24. The molecule has 12 heavy (non-hydrogen) atoms. The second-order valence-corrected chi connectivity index (χ2v) is 5.42. The quantitative estimate of drug-likeness (QED) is 0.684. The maximum absolute atomic E-state index is 5.72. The minimum Gasteiger partial charge on any atom is -0.375 e. The van der Waals surface area contributed by atoms with Crippen molar-refractivity contribution in [1.82, 2.24) is 5.32 Å². The van der Waals surface area contributed by atoms with Crippen molar-refractivity contribution in [3.05, 3.63) is 0 Å². The van der Waals surface area contributed by atoms with Crippen LogP contribution in [-0.2, 0) is 4.74 Å². The van der Waals surface area contributed by atoms with Gasteiger partial charge in [-0.1, -0.05) is 0 Å².